The molecule has 2 heterocycles. The molecule has 10 heavy (non-hydrogen) atoms. The van der Waals surface area contributed by atoms with E-state index in [0.717, 1.165) is 16.9 Å². The summed E-state index contributed by atoms with van der Waals surface area (Å²) >= 11 is 0. The third-order valence-electron chi connectivity index (χ3n) is 1.61. The van der Waals surface area contributed by atoms with Crippen molar-refractivity contribution in [3.63, 3.8) is 0 Å². The van der Waals surface area contributed by atoms with Crippen LogP contribution in [0.1, 0.15) is 0 Å². The van der Waals surface area contributed by atoms with Crippen molar-refractivity contribution < 1.29 is 0 Å². The van der Waals surface area contributed by atoms with Gasteiger partial charge in [0.05, 0.1) is 11.0 Å². The predicted molar refractivity (Wildman–Crippen MR) is 42.2 cm³/mol. The number of aromatic nitrogens is 2. The molecule has 2 aromatic rings. The number of nitrogens with one attached hydrogen (secondary N) is 3. The van der Waals surface area contributed by atoms with E-state index in [0.29, 0.717) is 0 Å². The Balaban J connectivity index is 2.67. The highest BCUT2D eigenvalue weighted by Crippen LogP contribution is 2.15. The number of hydrogen-bond acceptors (Lipinski definition) is 1. The Morgan fingerprint density at radius 3 is 3.00 bits per heavy atom. The highest BCUT2D eigenvalue weighted by molar-refractivity contribution is 5.80. The molecule has 3 nitrogen and oxygen atoms in total. The molecule has 0 fully saturated rings. The number of fused-ring (bicyclic) bond motifs is 1. The Kier molecular flexibility index (Phi) is 0.974. The van der Waals surface area contributed by atoms with E-state index in [2.05, 4.69) is 15.3 Å². The van der Waals surface area contributed by atoms with E-state index in [1.54, 1.807) is 0 Å². The van der Waals surface area contributed by atoms with E-state index in [-0.39, 0.29) is 0 Å². The lowest BCUT2D eigenvalue weighted by Gasteiger charge is -1.88. The van der Waals surface area contributed by atoms with Crippen LogP contribution in [-0.4, -0.2) is 17.0 Å². The Bertz CT molecular complexity index is 303. The first-order valence-electron chi connectivity index (χ1n) is 3.24. The maximum atomic E-state index is 3.18. The number of aromatic amines is 2. The topological polar surface area (TPSA) is 43.6 Å². The molecule has 0 aliphatic heterocycles. The molecule has 0 saturated heterocycles. The largest absolute Gasteiger partial charge is 0.375 e. The van der Waals surface area contributed by atoms with Gasteiger partial charge in [0.15, 0.2) is 0 Å². The van der Waals surface area contributed by atoms with Crippen LogP contribution in [0.4, 0.5) is 5.82 Å². The van der Waals surface area contributed by atoms with Gasteiger partial charge in [0.25, 0.3) is 0 Å². The minimum Gasteiger partial charge on any atom is -0.375 e. The van der Waals surface area contributed by atoms with Crippen molar-refractivity contribution in [2.24, 2.45) is 0 Å². The zero-order chi connectivity index (χ0) is 6.97. The highest BCUT2D eigenvalue weighted by Gasteiger charge is 1.96. The Morgan fingerprint density at radius 1 is 1.40 bits per heavy atom. The van der Waals surface area contributed by atoms with E-state index in [1.165, 1.54) is 0 Å². The second kappa shape index (κ2) is 1.80. The number of hydrogen-bond donors (Lipinski definition) is 3. The van der Waals surface area contributed by atoms with E-state index in [9.17, 15) is 0 Å². The average molecular weight is 135 g/mol. The first-order chi connectivity index (χ1) is 4.90. The van der Waals surface area contributed by atoms with Crippen LogP contribution in [0.3, 0.4) is 0 Å². The molecule has 0 saturated carbocycles. The predicted octanol–water partition coefficient (Wildman–Crippen LogP) is 1.54. The van der Waals surface area contributed by atoms with Crippen LogP contribution in [-0.2, 0) is 0 Å². The van der Waals surface area contributed by atoms with E-state index in [1.807, 2.05) is 25.4 Å². The SMILES string of the molecule is CNc1cc2[nH]ccc2[nH]1. The molecule has 52 valence electrons. The number of rotatable bonds is 1. The molecule has 0 atom stereocenters. The smallest absolute Gasteiger partial charge is 0.105 e. The summed E-state index contributed by atoms with van der Waals surface area (Å²) in [6, 6.07) is 4.05. The van der Waals surface area contributed by atoms with Crippen LogP contribution in [0.25, 0.3) is 11.0 Å². The van der Waals surface area contributed by atoms with Gasteiger partial charge in [0.1, 0.15) is 5.82 Å². The molecule has 0 radical (unpaired) electrons. The molecule has 2 aromatic heterocycles. The summed E-state index contributed by atoms with van der Waals surface area (Å²) in [5.74, 6) is 1.04. The summed E-state index contributed by atoms with van der Waals surface area (Å²) in [6.45, 7) is 0. The molecule has 0 aromatic carbocycles. The Hall–Kier alpha value is -1.38. The van der Waals surface area contributed by atoms with Gasteiger partial charge in [0.2, 0.25) is 0 Å². The minimum atomic E-state index is 1.04. The fourth-order valence-electron chi connectivity index (χ4n) is 1.07. The van der Waals surface area contributed by atoms with Crippen molar-refractivity contribution >= 4 is 16.9 Å². The second-order valence-electron chi connectivity index (χ2n) is 2.24. The van der Waals surface area contributed by atoms with Crippen LogP contribution in [0.2, 0.25) is 0 Å². The van der Waals surface area contributed by atoms with Crippen molar-refractivity contribution in [2.75, 3.05) is 12.4 Å². The normalized spacial score (nSPS) is 10.5. The molecule has 3 N–H and O–H groups in total. The van der Waals surface area contributed by atoms with Gasteiger partial charge in [-0.15, -0.1) is 0 Å². The lowest BCUT2D eigenvalue weighted by molar-refractivity contribution is 1.38. The molecule has 2 rings (SSSR count). The van der Waals surface area contributed by atoms with Gasteiger partial charge in [-0.3, -0.25) is 0 Å². The summed E-state index contributed by atoms with van der Waals surface area (Å²) in [6.07, 6.45) is 1.92. The minimum absolute atomic E-state index is 1.04. The maximum absolute atomic E-state index is 3.18. The van der Waals surface area contributed by atoms with Gasteiger partial charge in [-0.2, -0.15) is 0 Å². The van der Waals surface area contributed by atoms with Crippen LogP contribution in [0.5, 0.6) is 0 Å². The van der Waals surface area contributed by atoms with E-state index >= 15 is 0 Å². The Labute approximate surface area is 58.4 Å². The number of anilines is 1. The van der Waals surface area contributed by atoms with Gasteiger partial charge in [-0.25, -0.2) is 0 Å². The van der Waals surface area contributed by atoms with E-state index in [4.69, 9.17) is 0 Å². The zero-order valence-electron chi connectivity index (χ0n) is 5.73. The van der Waals surface area contributed by atoms with Crippen LogP contribution >= 0.6 is 0 Å². The molecule has 0 aliphatic carbocycles. The molecule has 3 heteroatoms. The lowest BCUT2D eigenvalue weighted by Crippen LogP contribution is -1.85. The van der Waals surface area contributed by atoms with E-state index < -0.39 is 0 Å². The average Bonchev–Trinajstić information content (AvgIpc) is 2.42. The summed E-state index contributed by atoms with van der Waals surface area (Å²) in [4.78, 5) is 6.29. The first-order valence-corrected chi connectivity index (χ1v) is 3.24. The van der Waals surface area contributed by atoms with Crippen molar-refractivity contribution in [1.29, 1.82) is 0 Å². The third-order valence-corrected chi connectivity index (χ3v) is 1.61. The van der Waals surface area contributed by atoms with Crippen molar-refractivity contribution in [3.05, 3.63) is 18.3 Å². The standard InChI is InChI=1S/C7H9N3/c1-8-7-4-6-5(10-7)2-3-9-6/h2-4,8-10H,1H3. The molecule has 0 bridgehead atoms. The summed E-state index contributed by atoms with van der Waals surface area (Å²) in [7, 11) is 1.89. The van der Waals surface area contributed by atoms with Crippen molar-refractivity contribution in [1.82, 2.24) is 9.97 Å². The van der Waals surface area contributed by atoms with Crippen molar-refractivity contribution in [3.8, 4) is 0 Å². The van der Waals surface area contributed by atoms with Gasteiger partial charge >= 0.3 is 0 Å². The molecular weight excluding hydrogens is 126 g/mol. The zero-order valence-corrected chi connectivity index (χ0v) is 5.73. The maximum Gasteiger partial charge on any atom is 0.105 e. The summed E-state index contributed by atoms with van der Waals surface area (Å²) in [5, 5.41) is 3.03. The van der Waals surface area contributed by atoms with Crippen LogP contribution in [0.15, 0.2) is 18.3 Å². The monoisotopic (exact) mass is 135 g/mol. The first kappa shape index (κ1) is 5.41. The lowest BCUT2D eigenvalue weighted by atomic mass is 10.5. The number of H-pyrrole nitrogens is 2. The van der Waals surface area contributed by atoms with Gasteiger partial charge in [0, 0.05) is 19.3 Å². The Morgan fingerprint density at radius 2 is 2.30 bits per heavy atom. The molecule has 0 unspecified atom stereocenters. The van der Waals surface area contributed by atoms with Gasteiger partial charge in [-0.1, -0.05) is 0 Å². The van der Waals surface area contributed by atoms with Crippen LogP contribution < -0.4 is 5.32 Å². The molecule has 0 spiro atoms. The molecular formula is C7H9N3. The van der Waals surface area contributed by atoms with Gasteiger partial charge in [-0.05, 0) is 6.07 Å². The second-order valence-corrected chi connectivity index (χ2v) is 2.24. The third kappa shape index (κ3) is 0.603. The van der Waals surface area contributed by atoms with Crippen molar-refractivity contribution in [2.45, 2.75) is 0 Å². The summed E-state index contributed by atoms with van der Waals surface area (Å²) in [5.41, 5.74) is 2.29. The fraction of sp³-hybridized carbons (Fsp3) is 0.143. The van der Waals surface area contributed by atoms with Crippen LogP contribution in [0, 0.1) is 0 Å². The fourth-order valence-corrected chi connectivity index (χ4v) is 1.07. The molecule has 0 amide bonds. The highest BCUT2D eigenvalue weighted by atomic mass is 15.0. The molecule has 0 aliphatic rings. The summed E-state index contributed by atoms with van der Waals surface area (Å²) < 4.78 is 0. The van der Waals surface area contributed by atoms with Gasteiger partial charge < -0.3 is 15.3 Å². The quantitative estimate of drug-likeness (QED) is 0.545.